The molecule has 1 aromatic heterocycles. The molecule has 3 rings (SSSR count). The van der Waals surface area contributed by atoms with Crippen LogP contribution in [0.2, 0.25) is 0 Å². The van der Waals surface area contributed by atoms with Crippen LogP contribution in [-0.2, 0) is 11.2 Å². The van der Waals surface area contributed by atoms with Crippen LogP contribution in [0, 0.1) is 0 Å². The number of piperidine rings is 1. The van der Waals surface area contributed by atoms with Gasteiger partial charge in [0.25, 0.3) is 0 Å². The second-order valence-corrected chi connectivity index (χ2v) is 6.43. The van der Waals surface area contributed by atoms with Gasteiger partial charge in [0, 0.05) is 12.5 Å². The first kappa shape index (κ1) is 13.3. The molecule has 0 bridgehead atoms. The number of likely N-dealkylation sites (tertiary alicyclic amines) is 1. The molecule has 4 heteroatoms. The fourth-order valence-electron chi connectivity index (χ4n) is 3.42. The molecule has 2 aliphatic heterocycles. The average molecular weight is 278 g/mol. The van der Waals surface area contributed by atoms with Gasteiger partial charge in [0.15, 0.2) is 5.78 Å². The van der Waals surface area contributed by atoms with Crippen molar-refractivity contribution in [3.63, 3.8) is 0 Å². The minimum Gasteiger partial charge on any atom is -0.317 e. The summed E-state index contributed by atoms with van der Waals surface area (Å²) in [7, 11) is 0. The molecule has 2 aliphatic rings. The second-order valence-electron chi connectivity index (χ2n) is 5.65. The van der Waals surface area contributed by atoms with E-state index in [0.717, 1.165) is 26.1 Å². The molecule has 0 spiro atoms. The van der Waals surface area contributed by atoms with Gasteiger partial charge >= 0.3 is 0 Å². The Morgan fingerprint density at radius 3 is 2.95 bits per heavy atom. The lowest BCUT2D eigenvalue weighted by Gasteiger charge is -2.35. The molecule has 0 amide bonds. The van der Waals surface area contributed by atoms with Crippen molar-refractivity contribution in [2.75, 3.05) is 19.6 Å². The van der Waals surface area contributed by atoms with E-state index in [1.807, 2.05) is 0 Å². The number of nitrogens with one attached hydrogen (secondary N) is 1. The highest BCUT2D eigenvalue weighted by molar-refractivity contribution is 7.08. The quantitative estimate of drug-likeness (QED) is 0.915. The second kappa shape index (κ2) is 6.16. The summed E-state index contributed by atoms with van der Waals surface area (Å²) < 4.78 is 0. The fourth-order valence-corrected chi connectivity index (χ4v) is 4.09. The van der Waals surface area contributed by atoms with Crippen molar-refractivity contribution in [1.82, 2.24) is 10.2 Å². The lowest BCUT2D eigenvalue weighted by Crippen LogP contribution is -2.48. The maximum absolute atomic E-state index is 12.5. The lowest BCUT2D eigenvalue weighted by molar-refractivity contribution is -0.123. The van der Waals surface area contributed by atoms with E-state index in [1.54, 1.807) is 11.3 Å². The number of rotatable bonds is 4. The smallest absolute Gasteiger partial charge is 0.154 e. The van der Waals surface area contributed by atoms with Crippen molar-refractivity contribution in [3.05, 3.63) is 22.4 Å². The molecule has 0 radical (unpaired) electrons. The van der Waals surface area contributed by atoms with E-state index >= 15 is 0 Å². The highest BCUT2D eigenvalue weighted by atomic mass is 32.1. The van der Waals surface area contributed by atoms with Gasteiger partial charge in [0.1, 0.15) is 0 Å². The van der Waals surface area contributed by atoms with Crippen LogP contribution in [0.15, 0.2) is 16.8 Å². The van der Waals surface area contributed by atoms with Gasteiger partial charge in [-0.2, -0.15) is 11.3 Å². The number of hydrogen-bond acceptors (Lipinski definition) is 4. The Morgan fingerprint density at radius 1 is 1.37 bits per heavy atom. The Kier molecular flexibility index (Phi) is 4.31. The molecular weight excluding hydrogens is 256 g/mol. The number of carbonyl (C=O) groups excluding carboxylic acids is 1. The highest BCUT2D eigenvalue weighted by Gasteiger charge is 2.35. The van der Waals surface area contributed by atoms with E-state index in [-0.39, 0.29) is 6.04 Å². The number of nitrogens with zero attached hydrogens (tertiary/aromatic N) is 1. The predicted molar refractivity (Wildman–Crippen MR) is 78.6 cm³/mol. The van der Waals surface area contributed by atoms with Gasteiger partial charge in [-0.1, -0.05) is 0 Å². The summed E-state index contributed by atoms with van der Waals surface area (Å²) >= 11 is 1.68. The molecule has 2 fully saturated rings. The molecule has 1 atom stereocenters. The zero-order valence-corrected chi connectivity index (χ0v) is 12.1. The molecule has 3 heterocycles. The number of carbonyl (C=O) groups is 1. The van der Waals surface area contributed by atoms with E-state index < -0.39 is 0 Å². The van der Waals surface area contributed by atoms with E-state index in [2.05, 4.69) is 27.0 Å². The SMILES string of the molecule is O=C(Cc1ccsc1)C1CCCN1C1CCNCC1. The molecule has 1 unspecified atom stereocenters. The summed E-state index contributed by atoms with van der Waals surface area (Å²) in [4.78, 5) is 15.0. The van der Waals surface area contributed by atoms with Crippen LogP contribution in [0.5, 0.6) is 0 Å². The van der Waals surface area contributed by atoms with Crippen molar-refractivity contribution >= 4 is 17.1 Å². The third-order valence-electron chi connectivity index (χ3n) is 4.40. The number of Topliss-reactive ketones (excluding diaryl/α,β-unsaturated/α-hetero) is 1. The van der Waals surface area contributed by atoms with Crippen LogP contribution < -0.4 is 5.32 Å². The van der Waals surface area contributed by atoms with Crippen LogP contribution in [0.4, 0.5) is 0 Å². The third-order valence-corrected chi connectivity index (χ3v) is 5.13. The minimum atomic E-state index is 0.183. The molecule has 1 N–H and O–H groups in total. The normalized spacial score (nSPS) is 25.8. The number of ketones is 1. The first-order chi connectivity index (χ1) is 9.34. The zero-order chi connectivity index (χ0) is 13.1. The molecule has 3 nitrogen and oxygen atoms in total. The van der Waals surface area contributed by atoms with Gasteiger partial charge in [0.05, 0.1) is 6.04 Å². The van der Waals surface area contributed by atoms with E-state index in [9.17, 15) is 4.79 Å². The number of hydrogen-bond donors (Lipinski definition) is 1. The van der Waals surface area contributed by atoms with Crippen LogP contribution in [0.25, 0.3) is 0 Å². The molecular formula is C15H22N2OS. The average Bonchev–Trinajstić information content (AvgIpc) is 3.10. The first-order valence-corrected chi connectivity index (χ1v) is 8.29. The number of thiophene rings is 1. The van der Waals surface area contributed by atoms with Gasteiger partial charge in [-0.05, 0) is 67.7 Å². The largest absolute Gasteiger partial charge is 0.317 e. The predicted octanol–water partition coefficient (Wildman–Crippen LogP) is 2.08. The lowest BCUT2D eigenvalue weighted by atomic mass is 9.99. The van der Waals surface area contributed by atoms with Crippen molar-refractivity contribution < 1.29 is 4.79 Å². The fraction of sp³-hybridized carbons (Fsp3) is 0.667. The topological polar surface area (TPSA) is 32.3 Å². The Morgan fingerprint density at radius 2 is 2.21 bits per heavy atom. The highest BCUT2D eigenvalue weighted by Crippen LogP contribution is 2.26. The first-order valence-electron chi connectivity index (χ1n) is 7.35. The van der Waals surface area contributed by atoms with Gasteiger partial charge in [-0.15, -0.1) is 0 Å². The van der Waals surface area contributed by atoms with Gasteiger partial charge < -0.3 is 5.32 Å². The molecule has 2 saturated heterocycles. The van der Waals surface area contributed by atoms with Crippen molar-refractivity contribution in [3.8, 4) is 0 Å². The van der Waals surface area contributed by atoms with Crippen LogP contribution in [0.1, 0.15) is 31.2 Å². The summed E-state index contributed by atoms with van der Waals surface area (Å²) in [6.07, 6.45) is 5.26. The molecule has 0 aromatic carbocycles. The van der Waals surface area contributed by atoms with Crippen molar-refractivity contribution in [1.29, 1.82) is 0 Å². The zero-order valence-electron chi connectivity index (χ0n) is 11.3. The van der Waals surface area contributed by atoms with E-state index in [1.165, 1.54) is 24.8 Å². The van der Waals surface area contributed by atoms with Crippen molar-refractivity contribution in [2.24, 2.45) is 0 Å². The summed E-state index contributed by atoms with van der Waals surface area (Å²) in [5, 5.41) is 7.56. The Hall–Kier alpha value is -0.710. The molecule has 0 aliphatic carbocycles. The molecule has 104 valence electrons. The van der Waals surface area contributed by atoms with Crippen molar-refractivity contribution in [2.45, 2.75) is 44.2 Å². The van der Waals surface area contributed by atoms with Crippen LogP contribution in [0.3, 0.4) is 0 Å². The van der Waals surface area contributed by atoms with Gasteiger partial charge in [-0.3, -0.25) is 9.69 Å². The molecule has 1 aromatic rings. The van der Waals surface area contributed by atoms with E-state index in [4.69, 9.17) is 0 Å². The Labute approximate surface area is 119 Å². The maximum atomic E-state index is 12.5. The standard InChI is InChI=1S/C15H22N2OS/c18-15(10-12-5-9-19-11-12)14-2-1-8-17(14)13-3-6-16-7-4-13/h5,9,11,13-14,16H,1-4,6-8,10H2. The minimum absolute atomic E-state index is 0.183. The summed E-state index contributed by atoms with van der Waals surface area (Å²) in [6.45, 7) is 3.32. The van der Waals surface area contributed by atoms with Gasteiger partial charge in [-0.25, -0.2) is 0 Å². The Bertz CT molecular complexity index is 412. The van der Waals surface area contributed by atoms with E-state index in [0.29, 0.717) is 18.2 Å². The van der Waals surface area contributed by atoms with Crippen LogP contribution in [-0.4, -0.2) is 42.4 Å². The third kappa shape index (κ3) is 3.07. The summed E-state index contributed by atoms with van der Waals surface area (Å²) in [5.41, 5.74) is 1.19. The van der Waals surface area contributed by atoms with Gasteiger partial charge in [0.2, 0.25) is 0 Å². The monoisotopic (exact) mass is 278 g/mol. The summed E-state index contributed by atoms with van der Waals surface area (Å²) in [5.74, 6) is 0.425. The summed E-state index contributed by atoms with van der Waals surface area (Å²) in [6, 6.07) is 2.88. The Balaban J connectivity index is 1.63. The van der Waals surface area contributed by atoms with Crippen LogP contribution >= 0.6 is 11.3 Å². The molecule has 0 saturated carbocycles. The molecule has 19 heavy (non-hydrogen) atoms. The maximum Gasteiger partial charge on any atom is 0.154 e.